The van der Waals surface area contributed by atoms with E-state index in [1.807, 2.05) is 0 Å². The number of rotatable bonds is 6. The third-order valence-electron chi connectivity index (χ3n) is 3.61. The predicted molar refractivity (Wildman–Crippen MR) is 74.8 cm³/mol. The number of nitrogens with zero attached hydrogens (tertiary/aromatic N) is 1. The second kappa shape index (κ2) is 7.45. The molecule has 0 radical (unpaired) electrons. The summed E-state index contributed by atoms with van der Waals surface area (Å²) in [6.07, 6.45) is 5.99. The number of hydrogen-bond acceptors (Lipinski definition) is 4. The SMILES string of the molecule is CCCOC1CCCN(Cc2cc(C(=O)O)co2)CC1. The van der Waals surface area contributed by atoms with Crippen molar-refractivity contribution in [1.29, 1.82) is 0 Å². The molecule has 1 aromatic rings. The second-order valence-corrected chi connectivity index (χ2v) is 5.31. The third kappa shape index (κ3) is 4.35. The monoisotopic (exact) mass is 281 g/mol. The molecule has 1 atom stereocenters. The molecule has 1 aliphatic heterocycles. The molecule has 1 aliphatic rings. The van der Waals surface area contributed by atoms with Crippen molar-refractivity contribution in [2.24, 2.45) is 0 Å². The molecular formula is C15H23NO4. The Kier molecular flexibility index (Phi) is 5.61. The molecule has 2 heterocycles. The van der Waals surface area contributed by atoms with Gasteiger partial charge in [-0.3, -0.25) is 4.90 Å². The van der Waals surface area contributed by atoms with Gasteiger partial charge in [0.1, 0.15) is 12.0 Å². The highest BCUT2D eigenvalue weighted by Gasteiger charge is 2.18. The standard InChI is InChI=1S/C15H23NO4/c1-2-8-19-13-4-3-6-16(7-5-13)10-14-9-12(11-20-14)15(17)18/h9,11,13H,2-8,10H2,1H3,(H,17,18). The van der Waals surface area contributed by atoms with E-state index < -0.39 is 5.97 Å². The lowest BCUT2D eigenvalue weighted by molar-refractivity contribution is 0.0436. The average molecular weight is 281 g/mol. The van der Waals surface area contributed by atoms with Crippen LogP contribution in [0, 0.1) is 0 Å². The van der Waals surface area contributed by atoms with Gasteiger partial charge in [-0.05, 0) is 38.3 Å². The number of carboxylic acid groups (broad SMARTS) is 1. The van der Waals surface area contributed by atoms with Crippen LogP contribution in [0.5, 0.6) is 0 Å². The maximum atomic E-state index is 10.8. The van der Waals surface area contributed by atoms with Gasteiger partial charge in [0, 0.05) is 13.2 Å². The Labute approximate surface area is 119 Å². The molecular weight excluding hydrogens is 258 g/mol. The Hall–Kier alpha value is -1.33. The summed E-state index contributed by atoms with van der Waals surface area (Å²) in [4.78, 5) is 13.1. The predicted octanol–water partition coefficient (Wildman–Crippen LogP) is 2.76. The lowest BCUT2D eigenvalue weighted by Crippen LogP contribution is -2.24. The summed E-state index contributed by atoms with van der Waals surface area (Å²) in [5, 5.41) is 8.88. The van der Waals surface area contributed by atoms with Gasteiger partial charge < -0.3 is 14.3 Å². The van der Waals surface area contributed by atoms with Crippen LogP contribution in [0.3, 0.4) is 0 Å². The molecule has 1 unspecified atom stereocenters. The van der Waals surface area contributed by atoms with Crippen molar-refractivity contribution in [3.63, 3.8) is 0 Å². The Bertz CT molecular complexity index is 429. The molecule has 1 N–H and O–H groups in total. The van der Waals surface area contributed by atoms with Crippen LogP contribution in [-0.2, 0) is 11.3 Å². The van der Waals surface area contributed by atoms with Gasteiger partial charge >= 0.3 is 5.97 Å². The van der Waals surface area contributed by atoms with Crippen LogP contribution in [0.25, 0.3) is 0 Å². The molecule has 0 aromatic carbocycles. The van der Waals surface area contributed by atoms with Crippen LogP contribution in [0.4, 0.5) is 0 Å². The molecule has 0 bridgehead atoms. The van der Waals surface area contributed by atoms with Gasteiger partial charge in [0.05, 0.1) is 18.2 Å². The molecule has 0 aliphatic carbocycles. The molecule has 1 fully saturated rings. The maximum absolute atomic E-state index is 10.8. The highest BCUT2D eigenvalue weighted by Crippen LogP contribution is 2.17. The Balaban J connectivity index is 1.82. The van der Waals surface area contributed by atoms with E-state index in [1.165, 1.54) is 6.26 Å². The normalized spacial score (nSPS) is 20.8. The van der Waals surface area contributed by atoms with E-state index in [1.54, 1.807) is 6.07 Å². The number of hydrogen-bond donors (Lipinski definition) is 1. The van der Waals surface area contributed by atoms with E-state index in [2.05, 4.69) is 11.8 Å². The van der Waals surface area contributed by atoms with Gasteiger partial charge in [0.25, 0.3) is 0 Å². The van der Waals surface area contributed by atoms with Crippen molar-refractivity contribution in [2.75, 3.05) is 19.7 Å². The fourth-order valence-electron chi connectivity index (χ4n) is 2.53. The van der Waals surface area contributed by atoms with E-state index in [4.69, 9.17) is 14.3 Å². The summed E-state index contributed by atoms with van der Waals surface area (Å²) in [6, 6.07) is 1.61. The summed E-state index contributed by atoms with van der Waals surface area (Å²) < 4.78 is 11.1. The minimum absolute atomic E-state index is 0.221. The lowest BCUT2D eigenvalue weighted by Gasteiger charge is -2.18. The molecule has 0 amide bonds. The van der Waals surface area contributed by atoms with Crippen molar-refractivity contribution >= 4 is 5.97 Å². The molecule has 2 rings (SSSR count). The number of carbonyl (C=O) groups is 1. The van der Waals surface area contributed by atoms with E-state index in [9.17, 15) is 4.79 Å². The zero-order valence-electron chi connectivity index (χ0n) is 12.0. The van der Waals surface area contributed by atoms with Gasteiger partial charge in [-0.25, -0.2) is 4.79 Å². The number of likely N-dealkylation sites (tertiary alicyclic amines) is 1. The van der Waals surface area contributed by atoms with E-state index in [0.717, 1.165) is 51.1 Å². The molecule has 5 nitrogen and oxygen atoms in total. The van der Waals surface area contributed by atoms with Crippen LogP contribution < -0.4 is 0 Å². The highest BCUT2D eigenvalue weighted by atomic mass is 16.5. The van der Waals surface area contributed by atoms with Crippen molar-refractivity contribution in [1.82, 2.24) is 4.90 Å². The Morgan fingerprint density at radius 2 is 2.35 bits per heavy atom. The van der Waals surface area contributed by atoms with E-state index in [0.29, 0.717) is 12.6 Å². The van der Waals surface area contributed by atoms with Gasteiger partial charge in [-0.2, -0.15) is 0 Å². The van der Waals surface area contributed by atoms with E-state index >= 15 is 0 Å². The van der Waals surface area contributed by atoms with Crippen LogP contribution in [0.15, 0.2) is 16.7 Å². The quantitative estimate of drug-likeness (QED) is 0.868. The smallest absolute Gasteiger partial charge is 0.338 e. The first-order valence-electron chi connectivity index (χ1n) is 7.33. The summed E-state index contributed by atoms with van der Waals surface area (Å²) in [5.74, 6) is -0.223. The summed E-state index contributed by atoms with van der Waals surface area (Å²) >= 11 is 0. The number of furan rings is 1. The molecule has 0 saturated carbocycles. The van der Waals surface area contributed by atoms with Crippen molar-refractivity contribution < 1.29 is 19.1 Å². The van der Waals surface area contributed by atoms with Crippen molar-refractivity contribution in [3.05, 3.63) is 23.7 Å². The van der Waals surface area contributed by atoms with Crippen molar-refractivity contribution in [2.45, 2.75) is 45.3 Å². The molecule has 5 heteroatoms. The zero-order chi connectivity index (χ0) is 14.4. The van der Waals surface area contributed by atoms with Crippen molar-refractivity contribution in [3.8, 4) is 0 Å². The molecule has 20 heavy (non-hydrogen) atoms. The third-order valence-corrected chi connectivity index (χ3v) is 3.61. The van der Waals surface area contributed by atoms with E-state index in [-0.39, 0.29) is 5.56 Å². The largest absolute Gasteiger partial charge is 0.478 e. The first kappa shape index (κ1) is 15.1. The minimum Gasteiger partial charge on any atom is -0.478 e. The maximum Gasteiger partial charge on any atom is 0.338 e. The fourth-order valence-corrected chi connectivity index (χ4v) is 2.53. The average Bonchev–Trinajstić information content (AvgIpc) is 2.78. The number of ether oxygens (including phenoxy) is 1. The molecule has 1 aromatic heterocycles. The fraction of sp³-hybridized carbons (Fsp3) is 0.667. The van der Waals surface area contributed by atoms with Gasteiger partial charge in [0.2, 0.25) is 0 Å². The number of aromatic carboxylic acids is 1. The van der Waals surface area contributed by atoms with Gasteiger partial charge in [-0.1, -0.05) is 6.92 Å². The first-order valence-corrected chi connectivity index (χ1v) is 7.33. The second-order valence-electron chi connectivity index (χ2n) is 5.31. The lowest BCUT2D eigenvalue weighted by atomic mass is 10.2. The summed E-state index contributed by atoms with van der Waals surface area (Å²) in [7, 11) is 0. The topological polar surface area (TPSA) is 62.9 Å². The first-order chi connectivity index (χ1) is 9.69. The Morgan fingerprint density at radius 3 is 3.05 bits per heavy atom. The highest BCUT2D eigenvalue weighted by molar-refractivity contribution is 5.87. The molecule has 112 valence electrons. The van der Waals surface area contributed by atoms with Gasteiger partial charge in [0.15, 0.2) is 0 Å². The Morgan fingerprint density at radius 1 is 1.50 bits per heavy atom. The van der Waals surface area contributed by atoms with Gasteiger partial charge in [-0.15, -0.1) is 0 Å². The van der Waals surface area contributed by atoms with Crippen LogP contribution in [0.1, 0.15) is 48.7 Å². The van der Waals surface area contributed by atoms with Crippen LogP contribution in [-0.4, -0.2) is 41.8 Å². The molecule has 0 spiro atoms. The summed E-state index contributed by atoms with van der Waals surface area (Å²) in [5.41, 5.74) is 0.221. The number of carboxylic acids is 1. The zero-order valence-corrected chi connectivity index (χ0v) is 12.0. The molecule has 1 saturated heterocycles. The minimum atomic E-state index is -0.941. The van der Waals surface area contributed by atoms with Crippen LogP contribution in [0.2, 0.25) is 0 Å². The summed E-state index contributed by atoms with van der Waals surface area (Å²) in [6.45, 7) is 5.62. The van der Waals surface area contributed by atoms with Crippen LogP contribution >= 0.6 is 0 Å².